The average molecular weight is 495 g/mol. The molecule has 37 heavy (non-hydrogen) atoms. The first kappa shape index (κ1) is 24.0. The molecule has 0 saturated heterocycles. The number of carbonyl (C=O) groups is 2. The molecule has 6 unspecified atom stereocenters. The number of benzene rings is 3. The zero-order chi connectivity index (χ0) is 25.8. The number of hydrogen-bond acceptors (Lipinski definition) is 4. The second-order valence-electron chi connectivity index (χ2n) is 11.6. The molecule has 0 aromatic heterocycles. The van der Waals surface area contributed by atoms with Crippen molar-refractivity contribution in [3.05, 3.63) is 107 Å². The van der Waals surface area contributed by atoms with Gasteiger partial charge in [0.05, 0.1) is 11.1 Å². The van der Waals surface area contributed by atoms with Crippen molar-refractivity contribution >= 4 is 11.9 Å². The third-order valence-corrected chi connectivity index (χ3v) is 9.77. The van der Waals surface area contributed by atoms with E-state index in [0.717, 1.165) is 19.3 Å². The monoisotopic (exact) mass is 494 g/mol. The van der Waals surface area contributed by atoms with Gasteiger partial charge in [0.2, 0.25) is 0 Å². The summed E-state index contributed by atoms with van der Waals surface area (Å²) in [5, 5.41) is 0. The minimum Gasteiger partial charge on any atom is -0.454 e. The Morgan fingerprint density at radius 1 is 0.757 bits per heavy atom. The van der Waals surface area contributed by atoms with Crippen LogP contribution in [0.5, 0.6) is 0 Å². The van der Waals surface area contributed by atoms with Crippen LogP contribution in [0, 0.1) is 22.7 Å². The zero-order valence-electron chi connectivity index (χ0n) is 21.7. The molecular weight excluding hydrogens is 460 g/mol. The van der Waals surface area contributed by atoms with Crippen LogP contribution in [0.25, 0.3) is 0 Å². The predicted octanol–water partition coefficient (Wildman–Crippen LogP) is 6.85. The van der Waals surface area contributed by atoms with Gasteiger partial charge >= 0.3 is 11.9 Å². The molecule has 0 amide bonds. The summed E-state index contributed by atoms with van der Waals surface area (Å²) in [5.74, 6) is 0.0861. The molecule has 2 bridgehead atoms. The highest BCUT2D eigenvalue weighted by atomic mass is 16.6. The number of fused-ring (bicyclic) bond motifs is 3. The number of ether oxygens (including phenoxy) is 2. The van der Waals surface area contributed by atoms with Gasteiger partial charge in [0.15, 0.2) is 0 Å². The van der Waals surface area contributed by atoms with Crippen LogP contribution >= 0.6 is 0 Å². The van der Waals surface area contributed by atoms with E-state index < -0.39 is 12.2 Å². The van der Waals surface area contributed by atoms with E-state index in [0.29, 0.717) is 17.0 Å². The van der Waals surface area contributed by atoms with Crippen LogP contribution in [-0.2, 0) is 15.9 Å². The SMILES string of the molecule is CC(C)C12CCC(C)(C3Cc4ccccc4C31)C(OC(=O)c1ccccc1)C2OC(=O)c1ccccc1. The van der Waals surface area contributed by atoms with E-state index in [9.17, 15) is 9.59 Å². The summed E-state index contributed by atoms with van der Waals surface area (Å²) in [4.78, 5) is 27.0. The van der Waals surface area contributed by atoms with Crippen molar-refractivity contribution in [3.63, 3.8) is 0 Å². The van der Waals surface area contributed by atoms with Gasteiger partial charge in [0.25, 0.3) is 0 Å². The quantitative estimate of drug-likeness (QED) is 0.364. The van der Waals surface area contributed by atoms with Crippen molar-refractivity contribution in [2.75, 3.05) is 0 Å². The van der Waals surface area contributed by atoms with Crippen LogP contribution in [0.15, 0.2) is 84.9 Å². The first-order chi connectivity index (χ1) is 17.9. The van der Waals surface area contributed by atoms with Crippen LogP contribution in [0.3, 0.4) is 0 Å². The van der Waals surface area contributed by atoms with Gasteiger partial charge in [-0.15, -0.1) is 0 Å². The zero-order valence-corrected chi connectivity index (χ0v) is 21.7. The summed E-state index contributed by atoms with van der Waals surface area (Å²) in [6.45, 7) is 6.74. The predicted molar refractivity (Wildman–Crippen MR) is 142 cm³/mol. The highest BCUT2D eigenvalue weighted by Crippen LogP contribution is 2.72. The Hall–Kier alpha value is -3.40. The van der Waals surface area contributed by atoms with Gasteiger partial charge in [-0.1, -0.05) is 81.4 Å². The Bertz CT molecular complexity index is 1320. The van der Waals surface area contributed by atoms with E-state index in [2.05, 4.69) is 45.0 Å². The van der Waals surface area contributed by atoms with Gasteiger partial charge in [0.1, 0.15) is 12.2 Å². The van der Waals surface area contributed by atoms with Crippen LogP contribution in [0.4, 0.5) is 0 Å². The molecule has 190 valence electrons. The van der Waals surface area contributed by atoms with E-state index in [1.165, 1.54) is 11.1 Å². The minimum absolute atomic E-state index is 0.225. The Morgan fingerprint density at radius 3 is 1.89 bits per heavy atom. The van der Waals surface area contributed by atoms with Gasteiger partial charge in [0, 0.05) is 10.8 Å². The first-order valence-electron chi connectivity index (χ1n) is 13.5. The Morgan fingerprint density at radius 2 is 1.30 bits per heavy atom. The second-order valence-corrected chi connectivity index (χ2v) is 11.6. The topological polar surface area (TPSA) is 52.6 Å². The third kappa shape index (κ3) is 3.56. The molecule has 7 rings (SSSR count). The maximum absolute atomic E-state index is 13.5. The highest BCUT2D eigenvalue weighted by Gasteiger charge is 2.72. The molecule has 3 fully saturated rings. The molecule has 0 spiro atoms. The summed E-state index contributed by atoms with van der Waals surface area (Å²) in [6, 6.07) is 27.0. The van der Waals surface area contributed by atoms with Gasteiger partial charge in [-0.3, -0.25) is 0 Å². The average Bonchev–Trinajstić information content (AvgIpc) is 3.33. The molecule has 3 aromatic carbocycles. The molecular formula is C33H34O4. The molecule has 4 aliphatic carbocycles. The lowest BCUT2D eigenvalue weighted by atomic mass is 9.40. The van der Waals surface area contributed by atoms with Gasteiger partial charge in [-0.2, -0.15) is 0 Å². The largest absolute Gasteiger partial charge is 0.454 e. The normalized spacial score (nSPS) is 31.5. The van der Waals surface area contributed by atoms with Crippen molar-refractivity contribution in [1.29, 1.82) is 0 Å². The molecule has 4 heteroatoms. The standard InChI is InChI=1S/C33H34O4/c1-21(2)33-19-18-32(3,26-20-24-16-10-11-17-25(24)27(26)33)28(36-30(34)22-12-6-4-7-13-22)29(33)37-31(35)23-14-8-5-9-15-23/h4-17,21,26-29H,18-20H2,1-3H3. The molecule has 0 heterocycles. The number of esters is 2. The lowest BCUT2D eigenvalue weighted by molar-refractivity contribution is -0.243. The molecule has 6 atom stereocenters. The molecule has 0 aliphatic heterocycles. The maximum Gasteiger partial charge on any atom is 0.338 e. The highest BCUT2D eigenvalue weighted by molar-refractivity contribution is 5.90. The lowest BCUT2D eigenvalue weighted by Gasteiger charge is -2.66. The Balaban J connectivity index is 1.48. The number of rotatable bonds is 5. The first-order valence-corrected chi connectivity index (χ1v) is 13.5. The van der Waals surface area contributed by atoms with Crippen LogP contribution in [0.2, 0.25) is 0 Å². The fourth-order valence-corrected chi connectivity index (χ4v) is 7.86. The van der Waals surface area contributed by atoms with Crippen molar-refractivity contribution in [1.82, 2.24) is 0 Å². The summed E-state index contributed by atoms with van der Waals surface area (Å²) in [7, 11) is 0. The third-order valence-electron chi connectivity index (χ3n) is 9.77. The van der Waals surface area contributed by atoms with E-state index >= 15 is 0 Å². The van der Waals surface area contributed by atoms with E-state index in [1.54, 1.807) is 24.3 Å². The summed E-state index contributed by atoms with van der Waals surface area (Å²) < 4.78 is 12.9. The van der Waals surface area contributed by atoms with Gasteiger partial charge in [-0.05, 0) is 72.4 Å². The molecule has 0 N–H and O–H groups in total. The molecule has 4 nitrogen and oxygen atoms in total. The minimum atomic E-state index is -0.543. The van der Waals surface area contributed by atoms with Crippen molar-refractivity contribution in [2.24, 2.45) is 22.7 Å². The molecule has 0 radical (unpaired) electrons. The van der Waals surface area contributed by atoms with Gasteiger partial charge < -0.3 is 9.47 Å². The Kier molecular flexibility index (Phi) is 5.74. The lowest BCUT2D eigenvalue weighted by Crippen LogP contribution is -2.69. The van der Waals surface area contributed by atoms with Crippen LogP contribution in [0.1, 0.15) is 71.4 Å². The summed E-state index contributed by atoms with van der Waals surface area (Å²) >= 11 is 0. The van der Waals surface area contributed by atoms with Crippen LogP contribution in [-0.4, -0.2) is 24.1 Å². The number of hydrogen-bond donors (Lipinski definition) is 0. The van der Waals surface area contributed by atoms with E-state index in [-0.39, 0.29) is 34.6 Å². The van der Waals surface area contributed by atoms with Crippen molar-refractivity contribution in [3.8, 4) is 0 Å². The van der Waals surface area contributed by atoms with Crippen molar-refractivity contribution in [2.45, 2.75) is 58.2 Å². The second kappa shape index (κ2) is 8.86. The smallest absolute Gasteiger partial charge is 0.338 e. The van der Waals surface area contributed by atoms with Crippen LogP contribution < -0.4 is 0 Å². The summed E-state index contributed by atoms with van der Waals surface area (Å²) in [6.07, 6.45) is 1.76. The fourth-order valence-electron chi connectivity index (χ4n) is 7.86. The summed E-state index contributed by atoms with van der Waals surface area (Å²) in [5.41, 5.74) is 3.14. The van der Waals surface area contributed by atoms with E-state index in [1.807, 2.05) is 36.4 Å². The molecule has 3 aromatic rings. The van der Waals surface area contributed by atoms with Crippen molar-refractivity contribution < 1.29 is 19.1 Å². The molecule has 3 saturated carbocycles. The van der Waals surface area contributed by atoms with Gasteiger partial charge in [-0.25, -0.2) is 9.59 Å². The fraction of sp³-hybridized carbons (Fsp3) is 0.394. The number of carbonyl (C=O) groups excluding carboxylic acids is 2. The maximum atomic E-state index is 13.5. The molecule has 4 aliphatic rings. The Labute approximate surface area is 219 Å². The van der Waals surface area contributed by atoms with E-state index in [4.69, 9.17) is 9.47 Å².